The van der Waals surface area contributed by atoms with E-state index in [1.165, 1.54) is 32.8 Å². The monoisotopic (exact) mass is 489 g/mol. The molecule has 0 spiro atoms. The van der Waals surface area contributed by atoms with Crippen LogP contribution in [0.1, 0.15) is 19.8 Å². The first-order valence-electron chi connectivity index (χ1n) is 10.7. The first kappa shape index (κ1) is 23.8. The number of aliphatic hydroxyl groups is 1. The molecule has 2 aromatic heterocycles. The number of hydrogen-bond acceptors (Lipinski definition) is 9. The number of nitrogens with zero attached hydrogens (tertiary/aromatic N) is 4. The Hall–Kier alpha value is -3.38. The third-order valence-corrected chi connectivity index (χ3v) is 7.48. The zero-order chi connectivity index (χ0) is 24.5. The van der Waals surface area contributed by atoms with Gasteiger partial charge in [-0.15, -0.1) is 10.2 Å². The van der Waals surface area contributed by atoms with Crippen molar-refractivity contribution in [2.75, 3.05) is 26.1 Å². The summed E-state index contributed by atoms with van der Waals surface area (Å²) in [4.78, 5) is 4.42. The minimum absolute atomic E-state index is 0.0182. The third-order valence-electron chi connectivity index (χ3n) is 5.76. The Morgan fingerprint density at radius 1 is 1.03 bits per heavy atom. The maximum absolute atomic E-state index is 13.2. The zero-order valence-corrected chi connectivity index (χ0v) is 20.1. The molecule has 4 rings (SSSR count). The third kappa shape index (κ3) is 4.50. The van der Waals surface area contributed by atoms with Crippen LogP contribution >= 0.6 is 0 Å². The van der Waals surface area contributed by atoms with Crippen LogP contribution in [-0.2, 0) is 10.0 Å². The number of anilines is 1. The summed E-state index contributed by atoms with van der Waals surface area (Å²) in [6.45, 7) is 1.47. The Bertz CT molecular complexity index is 1250. The molecule has 1 saturated carbocycles. The summed E-state index contributed by atoms with van der Waals surface area (Å²) in [6, 6.07) is 10.3. The van der Waals surface area contributed by atoms with Gasteiger partial charge in [0.1, 0.15) is 28.1 Å². The predicted molar refractivity (Wildman–Crippen MR) is 125 cm³/mol. The van der Waals surface area contributed by atoms with Crippen molar-refractivity contribution < 1.29 is 27.7 Å². The minimum Gasteiger partial charge on any atom is -0.494 e. The van der Waals surface area contributed by atoms with Gasteiger partial charge < -0.3 is 19.3 Å². The fourth-order valence-electron chi connectivity index (χ4n) is 3.66. The second-order valence-corrected chi connectivity index (χ2v) is 9.98. The van der Waals surface area contributed by atoms with Crippen molar-refractivity contribution in [3.63, 3.8) is 0 Å². The van der Waals surface area contributed by atoms with Gasteiger partial charge in [-0.05, 0) is 43.9 Å². The molecule has 1 aliphatic carbocycles. The molecule has 2 atom stereocenters. The van der Waals surface area contributed by atoms with Gasteiger partial charge in [0.25, 0.3) is 0 Å². The molecule has 0 aliphatic heterocycles. The molecular weight excluding hydrogens is 462 g/mol. The number of hydrogen-bond donors (Lipinski definition) is 2. The number of nitrogens with one attached hydrogen (secondary N) is 1. The maximum Gasteiger partial charge on any atom is 0.243 e. The summed E-state index contributed by atoms with van der Waals surface area (Å²) in [5.74, 6) is 1.26. The van der Waals surface area contributed by atoms with E-state index in [0.29, 0.717) is 28.8 Å². The van der Waals surface area contributed by atoms with Crippen LogP contribution in [0.5, 0.6) is 17.4 Å². The first-order chi connectivity index (χ1) is 16.3. The molecular formula is C22H27N5O6S. The summed E-state index contributed by atoms with van der Waals surface area (Å²) < 4.78 is 46.6. The van der Waals surface area contributed by atoms with E-state index >= 15 is 0 Å². The van der Waals surface area contributed by atoms with E-state index in [0.717, 1.165) is 12.8 Å². The highest BCUT2D eigenvalue weighted by molar-refractivity contribution is 7.93. The van der Waals surface area contributed by atoms with Crippen LogP contribution in [0.2, 0.25) is 0 Å². The second-order valence-electron chi connectivity index (χ2n) is 7.94. The van der Waals surface area contributed by atoms with E-state index in [1.807, 2.05) is 0 Å². The molecule has 2 heterocycles. The molecule has 3 aromatic rings. The molecule has 2 N–H and O–H groups in total. The van der Waals surface area contributed by atoms with Gasteiger partial charge in [0.05, 0.1) is 27.4 Å². The number of sulfonamides is 1. The number of aliphatic hydroxyl groups excluding tert-OH is 1. The molecule has 1 aromatic carbocycles. The average Bonchev–Trinajstić information content (AvgIpc) is 3.63. The van der Waals surface area contributed by atoms with Gasteiger partial charge in [-0.25, -0.2) is 13.4 Å². The largest absolute Gasteiger partial charge is 0.494 e. The van der Waals surface area contributed by atoms with Crippen LogP contribution in [0.4, 0.5) is 5.95 Å². The Morgan fingerprint density at radius 3 is 2.26 bits per heavy atom. The van der Waals surface area contributed by atoms with Gasteiger partial charge in [0, 0.05) is 6.07 Å². The number of benzene rings is 1. The molecule has 0 saturated heterocycles. The molecule has 0 radical (unpaired) electrons. The summed E-state index contributed by atoms with van der Waals surface area (Å²) in [5, 5.41) is 17.7. The highest BCUT2D eigenvalue weighted by Crippen LogP contribution is 2.39. The zero-order valence-electron chi connectivity index (χ0n) is 19.3. The number of rotatable bonds is 10. The van der Waals surface area contributed by atoms with Crippen molar-refractivity contribution in [1.29, 1.82) is 0 Å². The highest BCUT2D eigenvalue weighted by Gasteiger charge is 2.40. The molecule has 1 aliphatic rings. The smallest absolute Gasteiger partial charge is 0.243 e. The van der Waals surface area contributed by atoms with Crippen LogP contribution in [0.15, 0.2) is 36.4 Å². The Labute approximate surface area is 197 Å². The molecule has 0 amide bonds. The van der Waals surface area contributed by atoms with Crippen molar-refractivity contribution in [2.45, 2.75) is 31.1 Å². The minimum atomic E-state index is -4.02. The van der Waals surface area contributed by atoms with Crippen molar-refractivity contribution in [1.82, 2.24) is 19.7 Å². The Balaban J connectivity index is 1.88. The van der Waals surface area contributed by atoms with Gasteiger partial charge in [-0.2, -0.15) is 0 Å². The fourth-order valence-corrected chi connectivity index (χ4v) is 4.82. The van der Waals surface area contributed by atoms with Gasteiger partial charge in [0.2, 0.25) is 21.9 Å². The van der Waals surface area contributed by atoms with Gasteiger partial charge in [0.15, 0.2) is 5.82 Å². The van der Waals surface area contributed by atoms with Crippen molar-refractivity contribution >= 4 is 16.0 Å². The lowest BCUT2D eigenvalue weighted by Crippen LogP contribution is -2.37. The quantitative estimate of drug-likeness (QED) is 0.439. The lowest BCUT2D eigenvalue weighted by molar-refractivity contribution is 0.150. The van der Waals surface area contributed by atoms with E-state index < -0.39 is 21.4 Å². The number of aromatic nitrogens is 4. The van der Waals surface area contributed by atoms with E-state index in [-0.39, 0.29) is 17.7 Å². The standard InChI is InChI=1S/C22H27N5O6S/c1-13(20(28)14-11-12-14)34(29,30)26-22-25-24-21(15-7-5-10-18(23-15)33-4)27(22)19-16(31-2)8-6-9-17(19)32-3/h5-10,13-14,20,28H,11-12H2,1-4H3,(H,25,26)/t13-,20?/m1/s1. The van der Waals surface area contributed by atoms with Crippen LogP contribution in [0.3, 0.4) is 0 Å². The Kier molecular flexibility index (Phi) is 6.62. The molecule has 34 heavy (non-hydrogen) atoms. The van der Waals surface area contributed by atoms with E-state index in [4.69, 9.17) is 14.2 Å². The van der Waals surface area contributed by atoms with Crippen LogP contribution in [-0.4, -0.2) is 66.0 Å². The molecule has 0 bridgehead atoms. The number of methoxy groups -OCH3 is 3. The lowest BCUT2D eigenvalue weighted by atomic mass is 10.2. The van der Waals surface area contributed by atoms with E-state index in [9.17, 15) is 13.5 Å². The van der Waals surface area contributed by atoms with Crippen LogP contribution < -0.4 is 18.9 Å². The molecule has 1 fully saturated rings. The highest BCUT2D eigenvalue weighted by atomic mass is 32.2. The van der Waals surface area contributed by atoms with Crippen LogP contribution in [0.25, 0.3) is 17.2 Å². The lowest BCUT2D eigenvalue weighted by Gasteiger charge is -2.21. The van der Waals surface area contributed by atoms with Gasteiger partial charge >= 0.3 is 0 Å². The molecule has 182 valence electrons. The topological polar surface area (TPSA) is 138 Å². The molecule has 12 heteroatoms. The average molecular weight is 490 g/mol. The fraction of sp³-hybridized carbons (Fsp3) is 0.409. The SMILES string of the molecule is COc1cccc(-c2nnc(NS(=O)(=O)[C@H](C)C(O)C3CC3)n2-c2c(OC)cccc2OC)n1. The number of para-hydroxylation sites is 1. The van der Waals surface area contributed by atoms with Gasteiger partial charge in [-0.1, -0.05) is 12.1 Å². The van der Waals surface area contributed by atoms with E-state index in [2.05, 4.69) is 19.9 Å². The summed E-state index contributed by atoms with van der Waals surface area (Å²) in [5.41, 5.74) is 0.765. The van der Waals surface area contributed by atoms with E-state index in [1.54, 1.807) is 36.4 Å². The number of pyridine rings is 1. The Morgan fingerprint density at radius 2 is 1.68 bits per heavy atom. The summed E-state index contributed by atoms with van der Waals surface area (Å²) in [7, 11) is 0.453. The summed E-state index contributed by atoms with van der Waals surface area (Å²) >= 11 is 0. The number of ether oxygens (including phenoxy) is 3. The predicted octanol–water partition coefficient (Wildman–Crippen LogP) is 2.26. The summed E-state index contributed by atoms with van der Waals surface area (Å²) in [6.07, 6.45) is 0.636. The normalized spacial score (nSPS) is 15.4. The molecule has 1 unspecified atom stereocenters. The molecule has 11 nitrogen and oxygen atoms in total. The second kappa shape index (κ2) is 9.47. The maximum atomic E-state index is 13.2. The van der Waals surface area contributed by atoms with Gasteiger partial charge in [-0.3, -0.25) is 9.29 Å². The van der Waals surface area contributed by atoms with Crippen LogP contribution in [0, 0.1) is 5.92 Å². The van der Waals surface area contributed by atoms with Crippen molar-refractivity contribution in [3.05, 3.63) is 36.4 Å². The van der Waals surface area contributed by atoms with Crippen molar-refractivity contribution in [2.24, 2.45) is 5.92 Å². The van der Waals surface area contributed by atoms with Crippen molar-refractivity contribution in [3.8, 4) is 34.6 Å². The first-order valence-corrected chi connectivity index (χ1v) is 12.2.